The van der Waals surface area contributed by atoms with Gasteiger partial charge in [0.15, 0.2) is 0 Å². The minimum absolute atomic E-state index is 0.297. The summed E-state index contributed by atoms with van der Waals surface area (Å²) < 4.78 is 5.65. The molecule has 0 bridgehead atoms. The summed E-state index contributed by atoms with van der Waals surface area (Å²) in [6.07, 6.45) is 0. The van der Waals surface area contributed by atoms with E-state index in [1.54, 1.807) is 0 Å². The molecule has 0 saturated heterocycles. The first-order valence-electron chi connectivity index (χ1n) is 8.80. The van der Waals surface area contributed by atoms with Crippen molar-refractivity contribution in [2.24, 2.45) is 0 Å². The summed E-state index contributed by atoms with van der Waals surface area (Å²) in [4.78, 5) is 14.8. The Morgan fingerprint density at radius 1 is 0.880 bits per heavy atom. The van der Waals surface area contributed by atoms with Gasteiger partial charge < -0.3 is 9.32 Å². The Morgan fingerprint density at radius 3 is 2.12 bits per heavy atom. The van der Waals surface area contributed by atoms with Crippen molar-refractivity contribution >= 4 is 16.7 Å². The van der Waals surface area contributed by atoms with Crippen LogP contribution in [0.4, 0.5) is 5.69 Å². The van der Waals surface area contributed by atoms with Gasteiger partial charge in [0, 0.05) is 29.2 Å². The van der Waals surface area contributed by atoms with Gasteiger partial charge in [-0.1, -0.05) is 29.8 Å². The van der Waals surface area contributed by atoms with E-state index < -0.39 is 0 Å². The Balaban J connectivity index is 2.10. The van der Waals surface area contributed by atoms with Crippen molar-refractivity contribution in [2.75, 3.05) is 4.90 Å². The summed E-state index contributed by atoms with van der Waals surface area (Å²) in [6, 6.07) is 16.7. The van der Waals surface area contributed by atoms with Crippen molar-refractivity contribution in [3.8, 4) is 11.1 Å². The Morgan fingerprint density at radius 2 is 1.52 bits per heavy atom. The maximum absolute atomic E-state index is 12.5. The lowest BCUT2D eigenvalue weighted by molar-refractivity contribution is 0.562. The maximum Gasteiger partial charge on any atom is 0.344 e. The summed E-state index contributed by atoms with van der Waals surface area (Å²) in [6.45, 7) is 10.7. The fourth-order valence-electron chi connectivity index (χ4n) is 3.39. The molecule has 0 N–H and O–H groups in total. The molecule has 0 aliphatic carbocycles. The van der Waals surface area contributed by atoms with E-state index in [0.717, 1.165) is 16.6 Å². The lowest BCUT2D eigenvalue weighted by atomic mass is 10.0. The molecule has 25 heavy (non-hydrogen) atoms. The van der Waals surface area contributed by atoms with Gasteiger partial charge >= 0.3 is 5.63 Å². The summed E-state index contributed by atoms with van der Waals surface area (Å²) in [5, 5.41) is 0.936. The molecule has 3 nitrogen and oxygen atoms in total. The molecule has 0 amide bonds. The van der Waals surface area contributed by atoms with Crippen molar-refractivity contribution in [3.05, 3.63) is 64.5 Å². The number of anilines is 1. The maximum atomic E-state index is 12.5. The Hall–Kier alpha value is -2.55. The molecule has 0 fully saturated rings. The van der Waals surface area contributed by atoms with Crippen molar-refractivity contribution < 1.29 is 4.42 Å². The average Bonchev–Trinajstić information content (AvgIpc) is 2.54. The van der Waals surface area contributed by atoms with E-state index in [2.05, 4.69) is 38.7 Å². The SMILES string of the molecule is Cc1ccc(-c2cc3ccc(N(C(C)C)C(C)C)cc3oc2=O)cc1. The summed E-state index contributed by atoms with van der Waals surface area (Å²) >= 11 is 0. The molecular formula is C22H25NO2. The van der Waals surface area contributed by atoms with Crippen LogP contribution in [-0.2, 0) is 0 Å². The Labute approximate surface area is 148 Å². The fourth-order valence-corrected chi connectivity index (χ4v) is 3.39. The normalized spacial score (nSPS) is 11.5. The summed E-state index contributed by atoms with van der Waals surface area (Å²) in [7, 11) is 0. The van der Waals surface area contributed by atoms with Crippen LogP contribution in [0.25, 0.3) is 22.1 Å². The molecule has 0 aliphatic rings. The van der Waals surface area contributed by atoms with Gasteiger partial charge in [-0.25, -0.2) is 4.79 Å². The summed E-state index contributed by atoms with van der Waals surface area (Å²) in [5.41, 5.74) is 4.06. The highest BCUT2D eigenvalue weighted by Gasteiger charge is 2.16. The number of benzene rings is 2. The molecule has 3 aromatic rings. The third-order valence-corrected chi connectivity index (χ3v) is 4.49. The van der Waals surface area contributed by atoms with Gasteiger partial charge in [-0.15, -0.1) is 0 Å². The number of hydrogen-bond acceptors (Lipinski definition) is 3. The second-order valence-electron chi connectivity index (χ2n) is 7.13. The smallest absolute Gasteiger partial charge is 0.344 e. The largest absolute Gasteiger partial charge is 0.422 e. The average molecular weight is 335 g/mol. The number of hydrogen-bond donors (Lipinski definition) is 0. The Bertz CT molecular complexity index is 928. The van der Waals surface area contributed by atoms with Crippen LogP contribution in [0.15, 0.2) is 57.7 Å². The van der Waals surface area contributed by atoms with Gasteiger partial charge in [0.2, 0.25) is 0 Å². The van der Waals surface area contributed by atoms with Gasteiger partial charge in [-0.2, -0.15) is 0 Å². The third-order valence-electron chi connectivity index (χ3n) is 4.49. The molecular weight excluding hydrogens is 310 g/mol. The highest BCUT2D eigenvalue weighted by molar-refractivity contribution is 5.84. The third kappa shape index (κ3) is 3.46. The van der Waals surface area contributed by atoms with Gasteiger partial charge in [0.25, 0.3) is 0 Å². The van der Waals surface area contributed by atoms with Crippen LogP contribution in [0, 0.1) is 6.92 Å². The Kier molecular flexibility index (Phi) is 4.67. The molecule has 2 aromatic carbocycles. The molecule has 0 spiro atoms. The van der Waals surface area contributed by atoms with Gasteiger partial charge in [-0.05, 0) is 58.4 Å². The van der Waals surface area contributed by atoms with E-state index in [1.165, 1.54) is 5.56 Å². The zero-order chi connectivity index (χ0) is 18.1. The van der Waals surface area contributed by atoms with E-state index >= 15 is 0 Å². The van der Waals surface area contributed by atoms with E-state index in [9.17, 15) is 4.79 Å². The van der Waals surface area contributed by atoms with E-state index in [1.807, 2.05) is 49.4 Å². The van der Waals surface area contributed by atoms with Crippen molar-refractivity contribution in [3.63, 3.8) is 0 Å². The molecule has 0 unspecified atom stereocenters. The number of nitrogens with zero attached hydrogens (tertiary/aromatic N) is 1. The molecule has 0 saturated carbocycles. The molecule has 0 radical (unpaired) electrons. The zero-order valence-corrected chi connectivity index (χ0v) is 15.5. The van der Waals surface area contributed by atoms with Crippen LogP contribution in [0.1, 0.15) is 33.3 Å². The van der Waals surface area contributed by atoms with Gasteiger partial charge in [-0.3, -0.25) is 0 Å². The molecule has 130 valence electrons. The van der Waals surface area contributed by atoms with Gasteiger partial charge in [0.1, 0.15) is 5.58 Å². The van der Waals surface area contributed by atoms with Crippen LogP contribution in [0.5, 0.6) is 0 Å². The number of fused-ring (bicyclic) bond motifs is 1. The van der Waals surface area contributed by atoms with Gasteiger partial charge in [0.05, 0.1) is 5.56 Å². The van der Waals surface area contributed by atoms with Crippen molar-refractivity contribution in [2.45, 2.75) is 46.7 Å². The summed E-state index contributed by atoms with van der Waals surface area (Å²) in [5.74, 6) is 0. The number of aryl methyl sites for hydroxylation is 1. The van der Waals surface area contributed by atoms with Crippen LogP contribution >= 0.6 is 0 Å². The highest BCUT2D eigenvalue weighted by atomic mass is 16.4. The van der Waals surface area contributed by atoms with Crippen LogP contribution in [-0.4, -0.2) is 12.1 Å². The second kappa shape index (κ2) is 6.75. The van der Waals surface area contributed by atoms with Crippen LogP contribution < -0.4 is 10.5 Å². The molecule has 3 rings (SSSR count). The first-order valence-corrected chi connectivity index (χ1v) is 8.80. The predicted molar refractivity (Wildman–Crippen MR) is 105 cm³/mol. The first kappa shape index (κ1) is 17.3. The lowest BCUT2D eigenvalue weighted by Crippen LogP contribution is -2.36. The fraction of sp³-hybridized carbons (Fsp3) is 0.318. The molecule has 3 heteroatoms. The van der Waals surface area contributed by atoms with E-state index in [-0.39, 0.29) is 5.63 Å². The monoisotopic (exact) mass is 335 g/mol. The molecule has 1 aromatic heterocycles. The quantitative estimate of drug-likeness (QED) is 0.599. The second-order valence-corrected chi connectivity index (χ2v) is 7.13. The zero-order valence-electron chi connectivity index (χ0n) is 15.5. The minimum atomic E-state index is -0.297. The number of rotatable bonds is 4. The van der Waals surface area contributed by atoms with E-state index in [4.69, 9.17) is 4.42 Å². The topological polar surface area (TPSA) is 33.5 Å². The van der Waals surface area contributed by atoms with Crippen LogP contribution in [0.3, 0.4) is 0 Å². The van der Waals surface area contributed by atoms with Crippen molar-refractivity contribution in [1.29, 1.82) is 0 Å². The minimum Gasteiger partial charge on any atom is -0.422 e. The first-order chi connectivity index (χ1) is 11.9. The lowest BCUT2D eigenvalue weighted by Gasteiger charge is -2.33. The van der Waals surface area contributed by atoms with Crippen LogP contribution in [0.2, 0.25) is 0 Å². The molecule has 0 atom stereocenters. The molecule has 0 aliphatic heterocycles. The molecule has 1 heterocycles. The van der Waals surface area contributed by atoms with E-state index in [0.29, 0.717) is 23.2 Å². The predicted octanol–water partition coefficient (Wildman–Crippen LogP) is 5.39. The highest BCUT2D eigenvalue weighted by Crippen LogP contribution is 2.27. The van der Waals surface area contributed by atoms with Crippen molar-refractivity contribution in [1.82, 2.24) is 0 Å². The standard InChI is InChI=1S/C22H25NO2/c1-14(2)23(15(3)4)19-11-10-18-12-20(22(24)25-21(18)13-19)17-8-6-16(5)7-9-17/h6-15H,1-5H3.